The van der Waals surface area contributed by atoms with Crippen LogP contribution < -0.4 is 4.90 Å². The number of pyridine rings is 1. The van der Waals surface area contributed by atoms with E-state index in [4.69, 9.17) is 0 Å². The summed E-state index contributed by atoms with van der Waals surface area (Å²) in [6.07, 6.45) is 6.73. The Hall–Kier alpha value is -1.16. The largest absolute Gasteiger partial charge is 0.364 e. The summed E-state index contributed by atoms with van der Waals surface area (Å²) in [6.45, 7) is 5.57. The van der Waals surface area contributed by atoms with Crippen molar-refractivity contribution >= 4 is 5.69 Å². The number of piperazine rings is 1. The second-order valence-electron chi connectivity index (χ2n) is 5.37. The van der Waals surface area contributed by atoms with E-state index in [-0.39, 0.29) is 5.82 Å². The van der Waals surface area contributed by atoms with E-state index in [0.717, 1.165) is 25.2 Å². The normalized spacial score (nSPS) is 28.4. The molecular weight excluding hydrogens is 229 g/mol. The van der Waals surface area contributed by atoms with Gasteiger partial charge in [-0.15, -0.1) is 0 Å². The van der Waals surface area contributed by atoms with Gasteiger partial charge in [-0.05, 0) is 25.8 Å². The monoisotopic (exact) mass is 249 g/mol. The minimum absolute atomic E-state index is 0.240. The van der Waals surface area contributed by atoms with Gasteiger partial charge in [-0.1, -0.05) is 6.92 Å². The molecule has 3 nitrogen and oxygen atoms in total. The lowest BCUT2D eigenvalue weighted by Gasteiger charge is -2.44. The van der Waals surface area contributed by atoms with Crippen molar-refractivity contribution < 1.29 is 4.39 Å². The number of hydrogen-bond acceptors (Lipinski definition) is 3. The number of fused-ring (bicyclic) bond motifs is 1. The van der Waals surface area contributed by atoms with Crippen LogP contribution in [0.4, 0.5) is 10.1 Å². The molecule has 2 saturated heterocycles. The van der Waals surface area contributed by atoms with E-state index >= 15 is 0 Å². The second-order valence-corrected chi connectivity index (χ2v) is 5.37. The molecule has 0 aliphatic carbocycles. The number of anilines is 1. The Kier molecular flexibility index (Phi) is 3.20. The van der Waals surface area contributed by atoms with Crippen molar-refractivity contribution in [2.24, 2.45) is 0 Å². The number of aromatic nitrogens is 1. The molecule has 4 heteroatoms. The maximum atomic E-state index is 13.3. The summed E-state index contributed by atoms with van der Waals surface area (Å²) in [5.74, 6) is -0.240. The van der Waals surface area contributed by atoms with Crippen LogP contribution in [0.15, 0.2) is 18.5 Å². The molecule has 2 aliphatic heterocycles. The molecule has 0 aromatic carbocycles. The summed E-state index contributed by atoms with van der Waals surface area (Å²) in [7, 11) is 0. The van der Waals surface area contributed by atoms with Gasteiger partial charge in [0.25, 0.3) is 0 Å². The Morgan fingerprint density at radius 2 is 2.28 bits per heavy atom. The van der Waals surface area contributed by atoms with E-state index in [2.05, 4.69) is 21.7 Å². The Morgan fingerprint density at radius 1 is 1.39 bits per heavy atom. The molecule has 0 saturated carbocycles. The molecule has 0 N–H and O–H groups in total. The van der Waals surface area contributed by atoms with Gasteiger partial charge in [0.1, 0.15) is 5.82 Å². The minimum Gasteiger partial charge on any atom is -0.364 e. The van der Waals surface area contributed by atoms with E-state index in [0.29, 0.717) is 12.1 Å². The van der Waals surface area contributed by atoms with Gasteiger partial charge in [0.2, 0.25) is 0 Å². The summed E-state index contributed by atoms with van der Waals surface area (Å²) in [5, 5.41) is 0. The Bertz CT molecular complexity index is 423. The first-order valence-electron chi connectivity index (χ1n) is 6.89. The predicted molar refractivity (Wildman–Crippen MR) is 70.2 cm³/mol. The lowest BCUT2D eigenvalue weighted by atomic mass is 10.0. The van der Waals surface area contributed by atoms with Crippen molar-refractivity contribution in [3.8, 4) is 0 Å². The zero-order valence-electron chi connectivity index (χ0n) is 10.8. The van der Waals surface area contributed by atoms with Crippen molar-refractivity contribution in [3.05, 3.63) is 24.3 Å². The fourth-order valence-corrected chi connectivity index (χ4v) is 3.31. The predicted octanol–water partition coefficient (Wildman–Crippen LogP) is 2.28. The quantitative estimate of drug-likeness (QED) is 0.801. The van der Waals surface area contributed by atoms with Gasteiger partial charge in [0.05, 0.1) is 18.1 Å². The summed E-state index contributed by atoms with van der Waals surface area (Å²) >= 11 is 0. The van der Waals surface area contributed by atoms with Crippen LogP contribution in [0.25, 0.3) is 0 Å². The van der Waals surface area contributed by atoms with Crippen LogP contribution in [-0.4, -0.2) is 41.6 Å². The molecule has 2 unspecified atom stereocenters. The molecule has 1 aromatic rings. The van der Waals surface area contributed by atoms with Gasteiger partial charge in [0.15, 0.2) is 0 Å². The summed E-state index contributed by atoms with van der Waals surface area (Å²) in [5.41, 5.74) is 0.938. The highest BCUT2D eigenvalue weighted by atomic mass is 19.1. The fourth-order valence-electron chi connectivity index (χ4n) is 3.31. The molecule has 0 spiro atoms. The molecule has 2 aliphatic rings. The van der Waals surface area contributed by atoms with Crippen LogP contribution in [-0.2, 0) is 0 Å². The maximum Gasteiger partial charge on any atom is 0.143 e. The van der Waals surface area contributed by atoms with E-state index in [1.807, 2.05) is 0 Å². The van der Waals surface area contributed by atoms with Crippen LogP contribution in [0.2, 0.25) is 0 Å². The molecule has 1 aromatic heterocycles. The first-order valence-corrected chi connectivity index (χ1v) is 6.89. The first-order chi connectivity index (χ1) is 8.78. The fraction of sp³-hybridized carbons (Fsp3) is 0.643. The van der Waals surface area contributed by atoms with Crippen LogP contribution in [0.1, 0.15) is 26.2 Å². The molecule has 18 heavy (non-hydrogen) atoms. The standard InChI is InChI=1S/C14H20FN3/c1-2-12-9-17-5-3-4-13(17)10-18(12)14-6-11(15)7-16-8-14/h6-8,12-13H,2-5,9-10H2,1H3. The SMILES string of the molecule is CCC1CN2CCCC2CN1c1cncc(F)c1. The molecular formula is C14H20FN3. The van der Waals surface area contributed by atoms with Crippen LogP contribution >= 0.6 is 0 Å². The van der Waals surface area contributed by atoms with Gasteiger partial charge >= 0.3 is 0 Å². The van der Waals surface area contributed by atoms with E-state index in [9.17, 15) is 4.39 Å². The molecule has 0 bridgehead atoms. The molecule has 0 radical (unpaired) electrons. The highest BCUT2D eigenvalue weighted by Gasteiger charge is 2.35. The highest BCUT2D eigenvalue weighted by molar-refractivity contribution is 5.46. The van der Waals surface area contributed by atoms with Gasteiger partial charge in [-0.3, -0.25) is 9.88 Å². The third-order valence-corrected chi connectivity index (χ3v) is 4.29. The number of nitrogens with zero attached hydrogens (tertiary/aromatic N) is 3. The third kappa shape index (κ3) is 2.09. The summed E-state index contributed by atoms with van der Waals surface area (Å²) in [4.78, 5) is 8.93. The van der Waals surface area contributed by atoms with Gasteiger partial charge in [0, 0.05) is 31.2 Å². The molecule has 3 rings (SSSR count). The van der Waals surface area contributed by atoms with Crippen molar-refractivity contribution in [2.75, 3.05) is 24.5 Å². The number of hydrogen-bond donors (Lipinski definition) is 0. The van der Waals surface area contributed by atoms with Crippen LogP contribution in [0.5, 0.6) is 0 Å². The molecule has 2 atom stereocenters. The minimum atomic E-state index is -0.240. The Labute approximate surface area is 108 Å². The highest BCUT2D eigenvalue weighted by Crippen LogP contribution is 2.29. The van der Waals surface area contributed by atoms with E-state index in [1.54, 1.807) is 12.3 Å². The van der Waals surface area contributed by atoms with Crippen molar-refractivity contribution in [3.63, 3.8) is 0 Å². The molecule has 2 fully saturated rings. The number of halogens is 1. The van der Waals surface area contributed by atoms with Crippen LogP contribution in [0, 0.1) is 5.82 Å². The van der Waals surface area contributed by atoms with Crippen molar-refractivity contribution in [1.82, 2.24) is 9.88 Å². The first kappa shape index (κ1) is 11.9. The van der Waals surface area contributed by atoms with Gasteiger partial charge in [-0.25, -0.2) is 4.39 Å². The van der Waals surface area contributed by atoms with E-state index in [1.165, 1.54) is 25.6 Å². The molecule has 0 amide bonds. The lowest BCUT2D eigenvalue weighted by Crippen LogP contribution is -2.56. The van der Waals surface area contributed by atoms with Crippen molar-refractivity contribution in [1.29, 1.82) is 0 Å². The maximum absolute atomic E-state index is 13.3. The van der Waals surface area contributed by atoms with Gasteiger partial charge < -0.3 is 4.90 Å². The summed E-state index contributed by atoms with van der Waals surface area (Å²) in [6, 6.07) is 2.75. The summed E-state index contributed by atoms with van der Waals surface area (Å²) < 4.78 is 13.3. The third-order valence-electron chi connectivity index (χ3n) is 4.29. The van der Waals surface area contributed by atoms with Crippen molar-refractivity contribution in [2.45, 2.75) is 38.3 Å². The average Bonchev–Trinajstić information content (AvgIpc) is 2.84. The van der Waals surface area contributed by atoms with Gasteiger partial charge in [-0.2, -0.15) is 0 Å². The van der Waals surface area contributed by atoms with Crippen LogP contribution in [0.3, 0.4) is 0 Å². The second kappa shape index (κ2) is 4.84. The Morgan fingerprint density at radius 3 is 3.06 bits per heavy atom. The van der Waals surface area contributed by atoms with E-state index < -0.39 is 0 Å². The zero-order chi connectivity index (χ0) is 12.5. The molecule has 3 heterocycles. The smallest absolute Gasteiger partial charge is 0.143 e. The zero-order valence-corrected chi connectivity index (χ0v) is 10.8. The molecule has 98 valence electrons. The average molecular weight is 249 g/mol. The number of rotatable bonds is 2. The lowest BCUT2D eigenvalue weighted by molar-refractivity contribution is 0.194. The topological polar surface area (TPSA) is 19.4 Å². The Balaban J connectivity index is 1.85.